The average Bonchev–Trinajstić information content (AvgIpc) is 2.67. The number of amides is 1. The van der Waals surface area contributed by atoms with Crippen molar-refractivity contribution in [3.63, 3.8) is 0 Å². The Morgan fingerprint density at radius 2 is 1.96 bits per heavy atom. The Balaban J connectivity index is 1.79. The molecule has 1 aliphatic heterocycles. The summed E-state index contributed by atoms with van der Waals surface area (Å²) >= 11 is 0. The number of morpholine rings is 1. The molecule has 1 aromatic heterocycles. The fraction of sp³-hybridized carbons (Fsp3) is 0.353. The molecule has 7 nitrogen and oxygen atoms in total. The molecule has 1 aliphatic rings. The summed E-state index contributed by atoms with van der Waals surface area (Å²) in [6.45, 7) is 1.40. The molecule has 1 saturated heterocycles. The zero-order valence-electron chi connectivity index (χ0n) is 13.6. The van der Waals surface area contributed by atoms with Crippen LogP contribution in [0.15, 0.2) is 36.8 Å². The SMILES string of the molecule is COc1cc(OC)cc(C(=O)N2CCOC(c3cnccn3)C2)c1. The molecule has 0 N–H and O–H groups in total. The van der Waals surface area contributed by atoms with Gasteiger partial charge in [0, 0.05) is 30.6 Å². The molecule has 1 atom stereocenters. The molecule has 1 aromatic carbocycles. The fourth-order valence-electron chi connectivity index (χ4n) is 2.60. The molecule has 1 fully saturated rings. The Kier molecular flexibility index (Phi) is 4.90. The molecule has 1 unspecified atom stereocenters. The molecule has 0 bridgehead atoms. The van der Waals surface area contributed by atoms with E-state index in [1.165, 1.54) is 0 Å². The Labute approximate surface area is 140 Å². The van der Waals surface area contributed by atoms with Crippen molar-refractivity contribution >= 4 is 5.91 Å². The van der Waals surface area contributed by atoms with Crippen LogP contribution in [0.1, 0.15) is 22.2 Å². The Hall–Kier alpha value is -2.67. The van der Waals surface area contributed by atoms with Crippen molar-refractivity contribution in [1.29, 1.82) is 0 Å². The first-order valence-corrected chi connectivity index (χ1v) is 7.61. The number of aromatic nitrogens is 2. The highest BCUT2D eigenvalue weighted by Crippen LogP contribution is 2.26. The van der Waals surface area contributed by atoms with Gasteiger partial charge in [0.05, 0.1) is 39.3 Å². The van der Waals surface area contributed by atoms with Crippen molar-refractivity contribution in [3.05, 3.63) is 48.0 Å². The van der Waals surface area contributed by atoms with E-state index in [2.05, 4.69) is 9.97 Å². The minimum Gasteiger partial charge on any atom is -0.497 e. The summed E-state index contributed by atoms with van der Waals surface area (Å²) in [7, 11) is 3.11. The summed E-state index contributed by atoms with van der Waals surface area (Å²) in [5.41, 5.74) is 1.24. The van der Waals surface area contributed by atoms with Gasteiger partial charge in [-0.2, -0.15) is 0 Å². The maximum atomic E-state index is 12.8. The van der Waals surface area contributed by atoms with Gasteiger partial charge in [0.15, 0.2) is 0 Å². The monoisotopic (exact) mass is 329 g/mol. The van der Waals surface area contributed by atoms with Crippen molar-refractivity contribution in [2.24, 2.45) is 0 Å². The third kappa shape index (κ3) is 3.46. The molecule has 0 aliphatic carbocycles. The third-order valence-electron chi connectivity index (χ3n) is 3.87. The van der Waals surface area contributed by atoms with E-state index in [4.69, 9.17) is 14.2 Å². The Morgan fingerprint density at radius 3 is 2.58 bits per heavy atom. The van der Waals surface area contributed by atoms with Crippen molar-refractivity contribution in [2.75, 3.05) is 33.9 Å². The molecular formula is C17H19N3O4. The number of benzene rings is 1. The molecule has 0 radical (unpaired) electrons. The molecule has 2 aromatic rings. The van der Waals surface area contributed by atoms with Crippen LogP contribution < -0.4 is 9.47 Å². The summed E-state index contributed by atoms with van der Waals surface area (Å²) in [5.74, 6) is 1.07. The van der Waals surface area contributed by atoms with Crippen molar-refractivity contribution in [3.8, 4) is 11.5 Å². The predicted octanol–water partition coefficient (Wildman–Crippen LogP) is 1.71. The molecule has 24 heavy (non-hydrogen) atoms. The molecule has 126 valence electrons. The topological polar surface area (TPSA) is 73.8 Å². The molecular weight excluding hydrogens is 310 g/mol. The van der Waals surface area contributed by atoms with Gasteiger partial charge >= 0.3 is 0 Å². The zero-order valence-corrected chi connectivity index (χ0v) is 13.6. The molecule has 1 amide bonds. The minimum atomic E-state index is -0.274. The van der Waals surface area contributed by atoms with Gasteiger partial charge in [-0.15, -0.1) is 0 Å². The molecule has 3 rings (SSSR count). The van der Waals surface area contributed by atoms with Crippen LogP contribution in [0.2, 0.25) is 0 Å². The maximum absolute atomic E-state index is 12.8. The van der Waals surface area contributed by atoms with Crippen molar-refractivity contribution < 1.29 is 19.0 Å². The van der Waals surface area contributed by atoms with Gasteiger partial charge < -0.3 is 19.1 Å². The van der Waals surface area contributed by atoms with Crippen LogP contribution in [-0.4, -0.2) is 54.7 Å². The van der Waals surface area contributed by atoms with Gasteiger partial charge in [-0.3, -0.25) is 14.8 Å². The number of carbonyl (C=O) groups is 1. The number of rotatable bonds is 4. The quantitative estimate of drug-likeness (QED) is 0.850. The van der Waals surface area contributed by atoms with Gasteiger partial charge in [-0.1, -0.05) is 0 Å². The highest BCUT2D eigenvalue weighted by molar-refractivity contribution is 5.95. The molecule has 0 saturated carbocycles. The smallest absolute Gasteiger partial charge is 0.254 e. The summed E-state index contributed by atoms with van der Waals surface area (Å²) in [5, 5.41) is 0. The Morgan fingerprint density at radius 1 is 1.21 bits per heavy atom. The van der Waals surface area contributed by atoms with Gasteiger partial charge in [-0.25, -0.2) is 0 Å². The second-order valence-electron chi connectivity index (χ2n) is 5.34. The highest BCUT2D eigenvalue weighted by Gasteiger charge is 2.27. The largest absolute Gasteiger partial charge is 0.497 e. The van der Waals surface area contributed by atoms with E-state index >= 15 is 0 Å². The lowest BCUT2D eigenvalue weighted by Crippen LogP contribution is -2.42. The second-order valence-corrected chi connectivity index (χ2v) is 5.34. The number of hydrogen-bond acceptors (Lipinski definition) is 6. The lowest BCUT2D eigenvalue weighted by Gasteiger charge is -2.32. The highest BCUT2D eigenvalue weighted by atomic mass is 16.5. The maximum Gasteiger partial charge on any atom is 0.254 e. The lowest BCUT2D eigenvalue weighted by molar-refractivity contribution is -0.0249. The van der Waals surface area contributed by atoms with Crippen LogP contribution in [0.4, 0.5) is 0 Å². The van der Waals surface area contributed by atoms with Crippen molar-refractivity contribution in [2.45, 2.75) is 6.10 Å². The van der Waals surface area contributed by atoms with E-state index in [0.29, 0.717) is 36.8 Å². The first kappa shape index (κ1) is 16.2. The molecule has 2 heterocycles. The van der Waals surface area contributed by atoms with Crippen LogP contribution >= 0.6 is 0 Å². The van der Waals surface area contributed by atoms with E-state index < -0.39 is 0 Å². The summed E-state index contributed by atoms with van der Waals surface area (Å²) in [6, 6.07) is 5.15. The van der Waals surface area contributed by atoms with Crippen LogP contribution in [0, 0.1) is 0 Å². The van der Waals surface area contributed by atoms with Gasteiger partial charge in [0.2, 0.25) is 0 Å². The second kappa shape index (κ2) is 7.27. The van der Waals surface area contributed by atoms with E-state index in [9.17, 15) is 4.79 Å². The van der Waals surface area contributed by atoms with Crippen LogP contribution in [0.25, 0.3) is 0 Å². The van der Waals surface area contributed by atoms with E-state index in [1.54, 1.807) is 55.9 Å². The standard InChI is InChI=1S/C17H19N3O4/c1-22-13-7-12(8-14(9-13)23-2)17(21)20-5-6-24-16(11-20)15-10-18-3-4-19-15/h3-4,7-10,16H,5-6,11H2,1-2H3. The van der Waals surface area contributed by atoms with E-state index in [1.807, 2.05) is 0 Å². The van der Waals surface area contributed by atoms with E-state index in [0.717, 1.165) is 5.69 Å². The number of ether oxygens (including phenoxy) is 3. The van der Waals surface area contributed by atoms with Gasteiger partial charge in [-0.05, 0) is 12.1 Å². The predicted molar refractivity (Wildman–Crippen MR) is 86.2 cm³/mol. The third-order valence-corrected chi connectivity index (χ3v) is 3.87. The molecule has 0 spiro atoms. The van der Waals surface area contributed by atoms with Crippen LogP contribution in [0.3, 0.4) is 0 Å². The van der Waals surface area contributed by atoms with E-state index in [-0.39, 0.29) is 12.0 Å². The van der Waals surface area contributed by atoms with Crippen LogP contribution in [0.5, 0.6) is 11.5 Å². The molecule has 7 heteroatoms. The summed E-state index contributed by atoms with van der Waals surface area (Å²) in [6.07, 6.45) is 4.61. The summed E-state index contributed by atoms with van der Waals surface area (Å²) < 4.78 is 16.2. The number of nitrogens with zero attached hydrogens (tertiary/aromatic N) is 3. The number of methoxy groups -OCH3 is 2. The van der Waals surface area contributed by atoms with Crippen molar-refractivity contribution in [1.82, 2.24) is 14.9 Å². The first-order valence-electron chi connectivity index (χ1n) is 7.61. The van der Waals surface area contributed by atoms with Gasteiger partial charge in [0.1, 0.15) is 17.6 Å². The first-order chi connectivity index (χ1) is 11.7. The summed E-state index contributed by atoms with van der Waals surface area (Å²) in [4.78, 5) is 22.9. The van der Waals surface area contributed by atoms with Gasteiger partial charge in [0.25, 0.3) is 5.91 Å². The lowest BCUT2D eigenvalue weighted by atomic mass is 10.1. The zero-order chi connectivity index (χ0) is 16.9. The number of hydrogen-bond donors (Lipinski definition) is 0. The van der Waals surface area contributed by atoms with Crippen LogP contribution in [-0.2, 0) is 4.74 Å². The average molecular weight is 329 g/mol. The fourth-order valence-corrected chi connectivity index (χ4v) is 2.60. The minimum absolute atomic E-state index is 0.0932. The normalized spacial score (nSPS) is 17.4. The Bertz CT molecular complexity index is 686. The number of carbonyl (C=O) groups excluding carboxylic acids is 1.